The van der Waals surface area contributed by atoms with Crippen LogP contribution in [0.1, 0.15) is 25.3 Å². The van der Waals surface area contributed by atoms with Gasteiger partial charge in [0, 0.05) is 24.5 Å². The molecule has 3 nitrogen and oxygen atoms in total. The SMILES string of the molecule is C/C=C\C(=O)Nc1ccc(N2CCCC2)cc1C. The molecule has 0 unspecified atom stereocenters. The fraction of sp³-hybridized carbons (Fsp3) is 0.400. The molecule has 1 aromatic carbocycles. The van der Waals surface area contributed by atoms with E-state index in [1.165, 1.54) is 24.6 Å². The average molecular weight is 244 g/mol. The quantitative estimate of drug-likeness (QED) is 0.829. The molecule has 3 heteroatoms. The second-order valence-electron chi connectivity index (χ2n) is 4.68. The normalized spacial score (nSPS) is 15.3. The van der Waals surface area contributed by atoms with Crippen LogP contribution in [0, 0.1) is 6.92 Å². The van der Waals surface area contributed by atoms with E-state index in [0.29, 0.717) is 0 Å². The van der Waals surface area contributed by atoms with Crippen molar-refractivity contribution in [1.82, 2.24) is 0 Å². The van der Waals surface area contributed by atoms with Crippen LogP contribution < -0.4 is 10.2 Å². The Morgan fingerprint density at radius 1 is 1.33 bits per heavy atom. The van der Waals surface area contributed by atoms with Gasteiger partial charge < -0.3 is 10.2 Å². The summed E-state index contributed by atoms with van der Waals surface area (Å²) < 4.78 is 0. The number of carbonyl (C=O) groups excluding carboxylic acids is 1. The van der Waals surface area contributed by atoms with Crippen molar-refractivity contribution in [3.05, 3.63) is 35.9 Å². The van der Waals surface area contributed by atoms with Crippen molar-refractivity contribution in [3.63, 3.8) is 0 Å². The van der Waals surface area contributed by atoms with Gasteiger partial charge in [-0.3, -0.25) is 4.79 Å². The number of amides is 1. The van der Waals surface area contributed by atoms with E-state index in [4.69, 9.17) is 0 Å². The van der Waals surface area contributed by atoms with Crippen LogP contribution in [-0.2, 0) is 4.79 Å². The van der Waals surface area contributed by atoms with Gasteiger partial charge in [-0.25, -0.2) is 0 Å². The number of anilines is 2. The third kappa shape index (κ3) is 2.92. The van der Waals surface area contributed by atoms with Crippen LogP contribution in [0.25, 0.3) is 0 Å². The first-order valence-corrected chi connectivity index (χ1v) is 6.50. The van der Waals surface area contributed by atoms with E-state index >= 15 is 0 Å². The summed E-state index contributed by atoms with van der Waals surface area (Å²) in [6.07, 6.45) is 5.83. The Morgan fingerprint density at radius 3 is 2.67 bits per heavy atom. The molecule has 1 N–H and O–H groups in total. The van der Waals surface area contributed by atoms with Crippen molar-refractivity contribution in [2.45, 2.75) is 26.7 Å². The Morgan fingerprint density at radius 2 is 2.06 bits per heavy atom. The predicted octanol–water partition coefficient (Wildman–Crippen LogP) is 3.11. The molecule has 1 amide bonds. The van der Waals surface area contributed by atoms with E-state index in [-0.39, 0.29) is 5.91 Å². The Balaban J connectivity index is 2.11. The summed E-state index contributed by atoms with van der Waals surface area (Å²) in [6, 6.07) is 6.23. The number of rotatable bonds is 3. The first-order chi connectivity index (χ1) is 8.70. The largest absolute Gasteiger partial charge is 0.372 e. The molecule has 1 heterocycles. The first-order valence-electron chi connectivity index (χ1n) is 6.50. The lowest BCUT2D eigenvalue weighted by atomic mass is 10.1. The molecule has 0 radical (unpaired) electrons. The van der Waals surface area contributed by atoms with Crippen molar-refractivity contribution in [1.29, 1.82) is 0 Å². The fourth-order valence-electron chi connectivity index (χ4n) is 2.29. The van der Waals surface area contributed by atoms with E-state index in [1.807, 2.05) is 19.9 Å². The van der Waals surface area contributed by atoms with Gasteiger partial charge in [0.2, 0.25) is 5.91 Å². The molecule has 1 aromatic rings. The van der Waals surface area contributed by atoms with E-state index in [1.54, 1.807) is 6.08 Å². The van der Waals surface area contributed by atoms with Crippen molar-refractivity contribution in [3.8, 4) is 0 Å². The van der Waals surface area contributed by atoms with E-state index in [0.717, 1.165) is 24.3 Å². The number of allylic oxidation sites excluding steroid dienone is 1. The molecule has 0 saturated carbocycles. The van der Waals surface area contributed by atoms with Gasteiger partial charge in [-0.2, -0.15) is 0 Å². The van der Waals surface area contributed by atoms with Crippen molar-refractivity contribution >= 4 is 17.3 Å². The smallest absolute Gasteiger partial charge is 0.248 e. The lowest BCUT2D eigenvalue weighted by molar-refractivity contribution is -0.111. The molecule has 0 aromatic heterocycles. The number of nitrogens with zero attached hydrogens (tertiary/aromatic N) is 1. The van der Waals surface area contributed by atoms with Crippen LogP contribution >= 0.6 is 0 Å². The lowest BCUT2D eigenvalue weighted by Gasteiger charge is -2.19. The van der Waals surface area contributed by atoms with Gasteiger partial charge in [0.05, 0.1) is 0 Å². The van der Waals surface area contributed by atoms with Crippen LogP contribution in [-0.4, -0.2) is 19.0 Å². The summed E-state index contributed by atoms with van der Waals surface area (Å²) in [4.78, 5) is 13.9. The number of hydrogen-bond donors (Lipinski definition) is 1. The van der Waals surface area contributed by atoms with Gasteiger partial charge in [0.25, 0.3) is 0 Å². The zero-order valence-electron chi connectivity index (χ0n) is 11.1. The molecule has 0 aliphatic carbocycles. The zero-order chi connectivity index (χ0) is 13.0. The summed E-state index contributed by atoms with van der Waals surface area (Å²) >= 11 is 0. The fourth-order valence-corrected chi connectivity index (χ4v) is 2.29. The lowest BCUT2D eigenvalue weighted by Crippen LogP contribution is -2.18. The standard InChI is InChI=1S/C15H20N2O/c1-3-6-15(18)16-14-8-7-13(11-12(14)2)17-9-4-5-10-17/h3,6-8,11H,4-5,9-10H2,1-2H3,(H,16,18)/b6-3-. The molecule has 18 heavy (non-hydrogen) atoms. The predicted molar refractivity (Wildman–Crippen MR) is 76.1 cm³/mol. The third-order valence-corrected chi connectivity index (χ3v) is 3.26. The second kappa shape index (κ2) is 5.71. The molecule has 0 bridgehead atoms. The maximum absolute atomic E-state index is 11.5. The van der Waals surface area contributed by atoms with Gasteiger partial charge in [0.1, 0.15) is 0 Å². The molecule has 0 spiro atoms. The maximum Gasteiger partial charge on any atom is 0.248 e. The molecule has 1 aliphatic rings. The van der Waals surface area contributed by atoms with E-state index in [2.05, 4.69) is 22.3 Å². The van der Waals surface area contributed by atoms with Gasteiger partial charge in [-0.05, 0) is 56.5 Å². The van der Waals surface area contributed by atoms with Crippen molar-refractivity contribution < 1.29 is 4.79 Å². The number of nitrogens with one attached hydrogen (secondary N) is 1. The molecule has 2 rings (SSSR count). The number of benzene rings is 1. The van der Waals surface area contributed by atoms with Crippen LogP contribution in [0.3, 0.4) is 0 Å². The minimum Gasteiger partial charge on any atom is -0.372 e. The Kier molecular flexibility index (Phi) is 4.03. The maximum atomic E-state index is 11.5. The first kappa shape index (κ1) is 12.7. The minimum absolute atomic E-state index is 0.0745. The van der Waals surface area contributed by atoms with Gasteiger partial charge in [-0.1, -0.05) is 6.08 Å². The van der Waals surface area contributed by atoms with Crippen LogP contribution in [0.4, 0.5) is 11.4 Å². The van der Waals surface area contributed by atoms with Crippen molar-refractivity contribution in [2.24, 2.45) is 0 Å². The number of hydrogen-bond acceptors (Lipinski definition) is 2. The molecule has 1 saturated heterocycles. The average Bonchev–Trinajstić information content (AvgIpc) is 2.85. The zero-order valence-corrected chi connectivity index (χ0v) is 11.1. The Labute approximate surface area is 108 Å². The highest BCUT2D eigenvalue weighted by Gasteiger charge is 2.13. The third-order valence-electron chi connectivity index (χ3n) is 3.26. The monoisotopic (exact) mass is 244 g/mol. The second-order valence-corrected chi connectivity index (χ2v) is 4.68. The van der Waals surface area contributed by atoms with Crippen molar-refractivity contribution in [2.75, 3.05) is 23.3 Å². The van der Waals surface area contributed by atoms with Crippen LogP contribution in [0.2, 0.25) is 0 Å². The summed E-state index contributed by atoms with van der Waals surface area (Å²) in [5.41, 5.74) is 3.26. The van der Waals surface area contributed by atoms with Crippen LogP contribution in [0.15, 0.2) is 30.4 Å². The van der Waals surface area contributed by atoms with Crippen LogP contribution in [0.5, 0.6) is 0 Å². The van der Waals surface area contributed by atoms with Gasteiger partial charge >= 0.3 is 0 Å². The number of aryl methyl sites for hydroxylation is 1. The molecular weight excluding hydrogens is 224 g/mol. The summed E-state index contributed by atoms with van der Waals surface area (Å²) in [5, 5.41) is 2.88. The summed E-state index contributed by atoms with van der Waals surface area (Å²) in [6.45, 7) is 6.15. The molecule has 1 fully saturated rings. The van der Waals surface area contributed by atoms with Gasteiger partial charge in [-0.15, -0.1) is 0 Å². The minimum atomic E-state index is -0.0745. The Hall–Kier alpha value is -1.77. The number of carbonyl (C=O) groups is 1. The highest BCUT2D eigenvalue weighted by Crippen LogP contribution is 2.25. The topological polar surface area (TPSA) is 32.3 Å². The molecular formula is C15H20N2O. The van der Waals surface area contributed by atoms with E-state index < -0.39 is 0 Å². The molecule has 1 aliphatic heterocycles. The Bertz CT molecular complexity index is 460. The highest BCUT2D eigenvalue weighted by molar-refractivity contribution is 5.99. The molecule has 0 atom stereocenters. The summed E-state index contributed by atoms with van der Waals surface area (Å²) in [5.74, 6) is -0.0745. The summed E-state index contributed by atoms with van der Waals surface area (Å²) in [7, 11) is 0. The van der Waals surface area contributed by atoms with Gasteiger partial charge in [0.15, 0.2) is 0 Å². The molecule has 96 valence electrons. The van der Waals surface area contributed by atoms with E-state index in [9.17, 15) is 4.79 Å². The highest BCUT2D eigenvalue weighted by atomic mass is 16.1.